The molecule has 0 saturated carbocycles. The number of benzene rings is 1. The molecule has 3 rings (SSSR count). The Morgan fingerprint density at radius 3 is 3.07 bits per heavy atom. The standard InChI is InChI=1S/C10H6N4O/c1-2-4-8-7(3-1)10-9(15-6-11-8)5-12-14-13-10/h1-6H. The average molecular weight is 198 g/mol. The van der Waals surface area contributed by atoms with Gasteiger partial charge in [0.2, 0.25) is 0 Å². The van der Waals surface area contributed by atoms with Crippen molar-refractivity contribution in [1.82, 2.24) is 15.4 Å². The van der Waals surface area contributed by atoms with Crippen LogP contribution in [0.4, 0.5) is 5.69 Å². The molecule has 5 heteroatoms. The summed E-state index contributed by atoms with van der Waals surface area (Å²) in [7, 11) is 0. The molecule has 0 radical (unpaired) electrons. The molecule has 72 valence electrons. The maximum Gasteiger partial charge on any atom is 0.181 e. The number of nitrogens with zero attached hydrogens (tertiary/aromatic N) is 4. The summed E-state index contributed by atoms with van der Waals surface area (Å²) in [6, 6.07) is 7.66. The van der Waals surface area contributed by atoms with Crippen molar-refractivity contribution in [3.05, 3.63) is 30.5 Å². The second-order valence-electron chi connectivity index (χ2n) is 3.02. The van der Waals surface area contributed by atoms with E-state index in [-0.39, 0.29) is 0 Å². The van der Waals surface area contributed by atoms with Gasteiger partial charge in [-0.3, -0.25) is 0 Å². The van der Waals surface area contributed by atoms with Gasteiger partial charge >= 0.3 is 0 Å². The molecule has 1 aromatic heterocycles. The molecule has 15 heavy (non-hydrogen) atoms. The molecule has 1 aromatic carbocycles. The SMILES string of the molecule is C1=Nc2ccccc2-c2nnncc2O1. The minimum absolute atomic E-state index is 0.568. The summed E-state index contributed by atoms with van der Waals surface area (Å²) in [5.74, 6) is 0.568. The van der Waals surface area contributed by atoms with Crippen molar-refractivity contribution in [1.29, 1.82) is 0 Å². The highest BCUT2D eigenvalue weighted by Gasteiger charge is 2.14. The lowest BCUT2D eigenvalue weighted by molar-refractivity contribution is 0.564. The van der Waals surface area contributed by atoms with Gasteiger partial charge in [-0.05, 0) is 11.3 Å². The summed E-state index contributed by atoms with van der Waals surface area (Å²) >= 11 is 0. The quantitative estimate of drug-likeness (QED) is 0.644. The van der Waals surface area contributed by atoms with Crippen LogP contribution in [0.5, 0.6) is 5.75 Å². The van der Waals surface area contributed by atoms with E-state index in [4.69, 9.17) is 4.74 Å². The zero-order valence-corrected chi connectivity index (χ0v) is 7.66. The Bertz CT molecular complexity index is 538. The first-order valence-electron chi connectivity index (χ1n) is 4.42. The predicted molar refractivity (Wildman–Crippen MR) is 54.0 cm³/mol. The van der Waals surface area contributed by atoms with E-state index in [2.05, 4.69) is 20.4 Å². The summed E-state index contributed by atoms with van der Waals surface area (Å²) in [6.45, 7) is 0. The molecule has 0 bridgehead atoms. The predicted octanol–water partition coefficient (Wildman–Crippen LogP) is 1.59. The van der Waals surface area contributed by atoms with E-state index in [1.54, 1.807) is 0 Å². The monoisotopic (exact) mass is 198 g/mol. The van der Waals surface area contributed by atoms with E-state index in [1.165, 1.54) is 12.6 Å². The Labute approximate surface area is 85.5 Å². The molecule has 0 aliphatic carbocycles. The number of ether oxygens (including phenoxy) is 1. The van der Waals surface area contributed by atoms with Crippen LogP contribution in [0.1, 0.15) is 0 Å². The number of hydrogen-bond donors (Lipinski definition) is 0. The van der Waals surface area contributed by atoms with Crippen LogP contribution in [0.2, 0.25) is 0 Å². The molecule has 1 aliphatic heterocycles. The molecule has 0 fully saturated rings. The number of rotatable bonds is 0. The molecule has 0 N–H and O–H groups in total. The first kappa shape index (κ1) is 8.05. The van der Waals surface area contributed by atoms with Crippen molar-refractivity contribution in [2.24, 2.45) is 4.99 Å². The third kappa shape index (κ3) is 1.25. The third-order valence-corrected chi connectivity index (χ3v) is 2.14. The number of aliphatic imine (C=N–C) groups is 1. The van der Waals surface area contributed by atoms with Crippen LogP contribution >= 0.6 is 0 Å². The zero-order valence-electron chi connectivity index (χ0n) is 7.66. The maximum atomic E-state index is 5.27. The van der Waals surface area contributed by atoms with Crippen molar-refractivity contribution < 1.29 is 4.74 Å². The molecule has 5 nitrogen and oxygen atoms in total. The van der Waals surface area contributed by atoms with Gasteiger partial charge in [0.05, 0.1) is 11.9 Å². The lowest BCUT2D eigenvalue weighted by Gasteiger charge is -2.02. The van der Waals surface area contributed by atoms with Crippen LogP contribution in [-0.4, -0.2) is 21.8 Å². The normalized spacial score (nSPS) is 12.3. The van der Waals surface area contributed by atoms with Gasteiger partial charge in [-0.15, -0.1) is 10.2 Å². The molecule has 0 unspecified atom stereocenters. The van der Waals surface area contributed by atoms with E-state index >= 15 is 0 Å². The number of fused-ring (bicyclic) bond motifs is 3. The van der Waals surface area contributed by atoms with Gasteiger partial charge in [0, 0.05) is 5.56 Å². The fourth-order valence-corrected chi connectivity index (χ4v) is 1.46. The topological polar surface area (TPSA) is 60.3 Å². The lowest BCUT2D eigenvalue weighted by Crippen LogP contribution is -1.95. The molecule has 1 aliphatic rings. The van der Waals surface area contributed by atoms with Crippen molar-refractivity contribution in [2.75, 3.05) is 0 Å². The van der Waals surface area contributed by atoms with Crippen molar-refractivity contribution >= 4 is 12.1 Å². The van der Waals surface area contributed by atoms with E-state index in [1.807, 2.05) is 24.3 Å². The highest BCUT2D eigenvalue weighted by atomic mass is 16.5. The minimum atomic E-state index is 0.568. The zero-order chi connectivity index (χ0) is 10.1. The molecule has 0 amide bonds. The van der Waals surface area contributed by atoms with Gasteiger partial charge in [0.25, 0.3) is 0 Å². The Morgan fingerprint density at radius 1 is 1.13 bits per heavy atom. The molecule has 2 heterocycles. The van der Waals surface area contributed by atoms with Crippen LogP contribution in [0.3, 0.4) is 0 Å². The second-order valence-corrected chi connectivity index (χ2v) is 3.02. The summed E-state index contributed by atoms with van der Waals surface area (Å²) in [5.41, 5.74) is 2.38. The van der Waals surface area contributed by atoms with Crippen LogP contribution < -0.4 is 4.74 Å². The fraction of sp³-hybridized carbons (Fsp3) is 0. The smallest absolute Gasteiger partial charge is 0.181 e. The van der Waals surface area contributed by atoms with E-state index in [0.717, 1.165) is 11.3 Å². The Balaban J connectivity index is 2.33. The van der Waals surface area contributed by atoms with Gasteiger partial charge in [0.1, 0.15) is 5.69 Å². The van der Waals surface area contributed by atoms with E-state index in [9.17, 15) is 0 Å². The van der Waals surface area contributed by atoms with Crippen LogP contribution in [-0.2, 0) is 0 Å². The summed E-state index contributed by atoms with van der Waals surface area (Å²) < 4.78 is 5.27. The number of para-hydroxylation sites is 1. The Kier molecular flexibility index (Phi) is 1.68. The molecule has 0 atom stereocenters. The fourth-order valence-electron chi connectivity index (χ4n) is 1.46. The number of aromatic nitrogens is 3. The number of hydrogen-bond acceptors (Lipinski definition) is 5. The maximum absolute atomic E-state index is 5.27. The third-order valence-electron chi connectivity index (χ3n) is 2.14. The van der Waals surface area contributed by atoms with Crippen LogP contribution in [0.15, 0.2) is 35.5 Å². The molecule has 0 spiro atoms. The van der Waals surface area contributed by atoms with Crippen molar-refractivity contribution in [3.8, 4) is 17.0 Å². The Morgan fingerprint density at radius 2 is 2.07 bits per heavy atom. The van der Waals surface area contributed by atoms with Crippen molar-refractivity contribution in [3.63, 3.8) is 0 Å². The largest absolute Gasteiger partial charge is 0.442 e. The van der Waals surface area contributed by atoms with Crippen LogP contribution in [0, 0.1) is 0 Å². The highest BCUT2D eigenvalue weighted by Crippen LogP contribution is 2.35. The summed E-state index contributed by atoms with van der Waals surface area (Å²) in [6.07, 6.45) is 2.91. The van der Waals surface area contributed by atoms with Crippen LogP contribution in [0.25, 0.3) is 11.3 Å². The molecular formula is C10H6N4O. The average Bonchev–Trinajstić information content (AvgIpc) is 2.48. The van der Waals surface area contributed by atoms with E-state index < -0.39 is 0 Å². The lowest BCUT2D eigenvalue weighted by atomic mass is 10.1. The van der Waals surface area contributed by atoms with Gasteiger partial charge in [0.15, 0.2) is 12.2 Å². The molecule has 0 saturated heterocycles. The molecular weight excluding hydrogens is 192 g/mol. The van der Waals surface area contributed by atoms with E-state index in [0.29, 0.717) is 11.4 Å². The Hall–Kier alpha value is -2.30. The molecule has 2 aromatic rings. The minimum Gasteiger partial charge on any atom is -0.442 e. The van der Waals surface area contributed by atoms with Gasteiger partial charge in [-0.25, -0.2) is 4.99 Å². The second kappa shape index (κ2) is 3.13. The first-order chi connectivity index (χ1) is 7.45. The summed E-state index contributed by atoms with van der Waals surface area (Å²) in [4.78, 5) is 4.16. The van der Waals surface area contributed by atoms with Gasteiger partial charge < -0.3 is 4.74 Å². The van der Waals surface area contributed by atoms with Gasteiger partial charge in [-0.2, -0.15) is 0 Å². The highest BCUT2D eigenvalue weighted by molar-refractivity contribution is 5.81. The summed E-state index contributed by atoms with van der Waals surface area (Å²) in [5, 5.41) is 11.2. The van der Waals surface area contributed by atoms with Gasteiger partial charge in [-0.1, -0.05) is 18.2 Å². The first-order valence-corrected chi connectivity index (χ1v) is 4.42. The van der Waals surface area contributed by atoms with Crippen molar-refractivity contribution in [2.45, 2.75) is 0 Å².